The van der Waals surface area contributed by atoms with Crippen LogP contribution >= 0.6 is 0 Å². The van der Waals surface area contributed by atoms with Crippen molar-refractivity contribution in [3.63, 3.8) is 0 Å². The Morgan fingerprint density at radius 2 is 1.69 bits per heavy atom. The van der Waals surface area contributed by atoms with E-state index in [9.17, 15) is 4.79 Å². The molecule has 0 bridgehead atoms. The van der Waals surface area contributed by atoms with Gasteiger partial charge in [-0.1, -0.05) is 36.4 Å². The number of aryl methyl sites for hydroxylation is 2. The molecule has 4 heteroatoms. The summed E-state index contributed by atoms with van der Waals surface area (Å²) < 4.78 is 6.01. The molecule has 1 heterocycles. The predicted octanol–water partition coefficient (Wildman–Crippen LogP) is 3.58. The van der Waals surface area contributed by atoms with Crippen LogP contribution in [-0.4, -0.2) is 43.1 Å². The molecule has 26 heavy (non-hydrogen) atoms. The summed E-state index contributed by atoms with van der Waals surface area (Å²) in [5.41, 5.74) is 3.11. The number of nitrogens with zero attached hydrogens (tertiary/aromatic N) is 1. The van der Waals surface area contributed by atoms with Gasteiger partial charge in [-0.2, -0.15) is 0 Å². The van der Waals surface area contributed by atoms with Gasteiger partial charge in [0.05, 0.1) is 0 Å². The highest BCUT2D eigenvalue weighted by atomic mass is 16.5. The van der Waals surface area contributed by atoms with E-state index < -0.39 is 0 Å². The van der Waals surface area contributed by atoms with E-state index in [1.807, 2.05) is 30.3 Å². The number of benzene rings is 2. The molecule has 2 aromatic rings. The minimum absolute atomic E-state index is 0.0300. The first-order chi connectivity index (χ1) is 12.6. The van der Waals surface area contributed by atoms with E-state index in [2.05, 4.69) is 42.3 Å². The van der Waals surface area contributed by atoms with Gasteiger partial charge in [0, 0.05) is 31.2 Å². The molecule has 0 unspecified atom stereocenters. The fraction of sp³-hybridized carbons (Fsp3) is 0.409. The first-order valence-electron chi connectivity index (χ1n) is 9.41. The molecule has 2 aromatic carbocycles. The number of nitrogens with one attached hydrogen (secondary N) is 1. The number of para-hydroxylation sites is 1. The van der Waals surface area contributed by atoms with Gasteiger partial charge in [-0.05, 0) is 49.9 Å². The van der Waals surface area contributed by atoms with Crippen LogP contribution in [0, 0.1) is 13.8 Å². The van der Waals surface area contributed by atoms with Crippen LogP contribution in [0.3, 0.4) is 0 Å². The molecule has 138 valence electrons. The van der Waals surface area contributed by atoms with E-state index >= 15 is 0 Å². The fourth-order valence-corrected chi connectivity index (χ4v) is 3.46. The third-order valence-electron chi connectivity index (χ3n) is 5.02. The normalized spacial score (nSPS) is 15.6. The standard InChI is InChI=1S/C22H28N2O2/c1-17-7-6-8-18(2)21(17)26-16-15-24-13-11-20(12-14-24)23-22(25)19-9-4-3-5-10-19/h3-10,20H,11-16H2,1-2H3,(H,23,25). The van der Waals surface area contributed by atoms with Gasteiger partial charge < -0.3 is 10.1 Å². The van der Waals surface area contributed by atoms with Crippen LogP contribution in [-0.2, 0) is 0 Å². The van der Waals surface area contributed by atoms with E-state index in [1.54, 1.807) is 0 Å². The molecule has 1 aliphatic heterocycles. The summed E-state index contributed by atoms with van der Waals surface area (Å²) in [5.74, 6) is 1.04. The molecule has 0 saturated carbocycles. The maximum Gasteiger partial charge on any atom is 0.251 e. The van der Waals surface area contributed by atoms with Crippen molar-refractivity contribution in [1.29, 1.82) is 0 Å². The van der Waals surface area contributed by atoms with Crippen LogP contribution in [0.2, 0.25) is 0 Å². The van der Waals surface area contributed by atoms with Crippen LogP contribution in [0.1, 0.15) is 34.3 Å². The summed E-state index contributed by atoms with van der Waals surface area (Å²) in [7, 11) is 0. The molecule has 1 aliphatic rings. The van der Waals surface area contributed by atoms with E-state index in [4.69, 9.17) is 4.74 Å². The summed E-state index contributed by atoms with van der Waals surface area (Å²) >= 11 is 0. The Balaban J connectivity index is 1.39. The van der Waals surface area contributed by atoms with Gasteiger partial charge in [0.15, 0.2) is 0 Å². The molecule has 4 nitrogen and oxygen atoms in total. The zero-order chi connectivity index (χ0) is 18.4. The van der Waals surface area contributed by atoms with Gasteiger partial charge in [0.2, 0.25) is 0 Å². The Morgan fingerprint density at radius 3 is 2.35 bits per heavy atom. The molecule has 1 N–H and O–H groups in total. The molecule has 3 rings (SSSR count). The molecule has 0 radical (unpaired) electrons. The second kappa shape index (κ2) is 8.86. The Morgan fingerprint density at radius 1 is 1.04 bits per heavy atom. The molecule has 1 fully saturated rings. The third-order valence-corrected chi connectivity index (χ3v) is 5.02. The second-order valence-electron chi connectivity index (χ2n) is 7.02. The highest BCUT2D eigenvalue weighted by Crippen LogP contribution is 2.22. The first-order valence-corrected chi connectivity index (χ1v) is 9.41. The number of rotatable bonds is 6. The average molecular weight is 352 g/mol. The number of carbonyl (C=O) groups is 1. The van der Waals surface area contributed by atoms with Crippen molar-refractivity contribution in [3.05, 3.63) is 65.2 Å². The maximum atomic E-state index is 12.2. The zero-order valence-corrected chi connectivity index (χ0v) is 15.7. The van der Waals surface area contributed by atoms with E-state index in [0.29, 0.717) is 6.61 Å². The van der Waals surface area contributed by atoms with Gasteiger partial charge in [0.25, 0.3) is 5.91 Å². The number of hydrogen-bond acceptors (Lipinski definition) is 3. The smallest absolute Gasteiger partial charge is 0.251 e. The molecule has 0 spiro atoms. The Labute approximate surface area is 156 Å². The lowest BCUT2D eigenvalue weighted by Gasteiger charge is -2.32. The number of likely N-dealkylation sites (tertiary alicyclic amines) is 1. The quantitative estimate of drug-likeness (QED) is 0.864. The van der Waals surface area contributed by atoms with Crippen molar-refractivity contribution in [2.24, 2.45) is 0 Å². The lowest BCUT2D eigenvalue weighted by molar-refractivity contribution is 0.0905. The molecule has 0 aromatic heterocycles. The van der Waals surface area contributed by atoms with Gasteiger partial charge in [0.1, 0.15) is 12.4 Å². The summed E-state index contributed by atoms with van der Waals surface area (Å²) in [6.07, 6.45) is 1.98. The number of amides is 1. The van der Waals surface area contributed by atoms with Crippen molar-refractivity contribution in [2.45, 2.75) is 32.7 Å². The summed E-state index contributed by atoms with van der Waals surface area (Å²) in [6.45, 7) is 7.79. The van der Waals surface area contributed by atoms with Gasteiger partial charge in [-0.15, -0.1) is 0 Å². The number of ether oxygens (including phenoxy) is 1. The highest BCUT2D eigenvalue weighted by molar-refractivity contribution is 5.94. The van der Waals surface area contributed by atoms with Crippen molar-refractivity contribution < 1.29 is 9.53 Å². The van der Waals surface area contributed by atoms with E-state index in [1.165, 1.54) is 11.1 Å². The minimum atomic E-state index is 0.0300. The van der Waals surface area contributed by atoms with Crippen molar-refractivity contribution in [3.8, 4) is 5.75 Å². The first kappa shape index (κ1) is 18.5. The van der Waals surface area contributed by atoms with Crippen LogP contribution in [0.15, 0.2) is 48.5 Å². The van der Waals surface area contributed by atoms with Crippen molar-refractivity contribution in [1.82, 2.24) is 10.2 Å². The lowest BCUT2D eigenvalue weighted by Crippen LogP contribution is -2.45. The molecule has 0 atom stereocenters. The molecular weight excluding hydrogens is 324 g/mol. The number of piperidine rings is 1. The summed E-state index contributed by atoms with van der Waals surface area (Å²) in [6, 6.07) is 15.9. The Bertz CT molecular complexity index is 702. The van der Waals surface area contributed by atoms with E-state index in [-0.39, 0.29) is 11.9 Å². The Kier molecular flexibility index (Phi) is 6.29. The summed E-state index contributed by atoms with van der Waals surface area (Å²) in [4.78, 5) is 14.7. The lowest BCUT2D eigenvalue weighted by atomic mass is 10.0. The number of carbonyl (C=O) groups excluding carboxylic acids is 1. The van der Waals surface area contributed by atoms with Gasteiger partial charge in [-0.25, -0.2) is 0 Å². The zero-order valence-electron chi connectivity index (χ0n) is 15.7. The van der Waals surface area contributed by atoms with E-state index in [0.717, 1.165) is 43.8 Å². The third kappa shape index (κ3) is 4.85. The molecule has 1 saturated heterocycles. The highest BCUT2D eigenvalue weighted by Gasteiger charge is 2.21. The van der Waals surface area contributed by atoms with Crippen LogP contribution < -0.4 is 10.1 Å². The van der Waals surface area contributed by atoms with Crippen molar-refractivity contribution in [2.75, 3.05) is 26.2 Å². The minimum Gasteiger partial charge on any atom is -0.492 e. The maximum absolute atomic E-state index is 12.2. The van der Waals surface area contributed by atoms with Crippen molar-refractivity contribution >= 4 is 5.91 Å². The summed E-state index contributed by atoms with van der Waals surface area (Å²) in [5, 5.41) is 3.16. The molecule has 0 aliphatic carbocycles. The molecular formula is C22H28N2O2. The number of hydrogen-bond donors (Lipinski definition) is 1. The predicted molar refractivity (Wildman–Crippen MR) is 105 cm³/mol. The van der Waals surface area contributed by atoms with Crippen LogP contribution in [0.25, 0.3) is 0 Å². The van der Waals surface area contributed by atoms with Crippen LogP contribution in [0.4, 0.5) is 0 Å². The second-order valence-corrected chi connectivity index (χ2v) is 7.02. The van der Waals surface area contributed by atoms with Gasteiger partial charge >= 0.3 is 0 Å². The average Bonchev–Trinajstić information content (AvgIpc) is 2.66. The Hall–Kier alpha value is -2.33. The van der Waals surface area contributed by atoms with Crippen LogP contribution in [0.5, 0.6) is 5.75 Å². The molecule has 1 amide bonds. The SMILES string of the molecule is Cc1cccc(C)c1OCCN1CCC(NC(=O)c2ccccc2)CC1. The monoisotopic (exact) mass is 352 g/mol. The van der Waals surface area contributed by atoms with Gasteiger partial charge in [-0.3, -0.25) is 9.69 Å². The fourth-order valence-electron chi connectivity index (χ4n) is 3.46. The topological polar surface area (TPSA) is 41.6 Å². The largest absolute Gasteiger partial charge is 0.492 e.